The molecule has 5 aromatic carbocycles. The molecule has 8 rings (SSSR count). The molecule has 0 saturated heterocycles. The summed E-state index contributed by atoms with van der Waals surface area (Å²) in [4.78, 5) is 14.1. The molecular weight excluding hydrogens is 510 g/mol. The van der Waals surface area contributed by atoms with Gasteiger partial charge in [-0.3, -0.25) is 9.97 Å². The van der Waals surface area contributed by atoms with Gasteiger partial charge in [-0.05, 0) is 86.8 Å². The first kappa shape index (κ1) is 24.2. The van der Waals surface area contributed by atoms with Gasteiger partial charge in [0.1, 0.15) is 0 Å². The molecule has 0 atom stereocenters. The van der Waals surface area contributed by atoms with Crippen LogP contribution in [0.5, 0.6) is 0 Å². The van der Waals surface area contributed by atoms with Crippen molar-refractivity contribution < 1.29 is 0 Å². The van der Waals surface area contributed by atoms with Crippen LogP contribution in [-0.2, 0) is 0 Å². The van der Waals surface area contributed by atoms with Gasteiger partial charge in [-0.1, -0.05) is 84.9 Å². The highest BCUT2D eigenvalue weighted by atomic mass is 14.7. The molecule has 8 aromatic rings. The molecular formula is C39H25N3. The standard InChI is InChI=1S/C39H25N3/c1-3-7-29-21-31(11-9-26(29)5-1)32-13-16-38-36(23-32)35(34-14-15-37(41-25-34)28-17-19-40-20-18-28)24-39(42-38)33-12-10-27-6-2-4-8-30(27)22-33/h1-25H. The fourth-order valence-corrected chi connectivity index (χ4v) is 5.76. The Labute approximate surface area is 243 Å². The van der Waals surface area contributed by atoms with E-state index in [1.165, 1.54) is 27.1 Å². The number of hydrogen-bond donors (Lipinski definition) is 0. The van der Waals surface area contributed by atoms with Crippen molar-refractivity contribution in [1.82, 2.24) is 15.0 Å². The monoisotopic (exact) mass is 535 g/mol. The van der Waals surface area contributed by atoms with Gasteiger partial charge < -0.3 is 0 Å². The number of fused-ring (bicyclic) bond motifs is 3. The van der Waals surface area contributed by atoms with Crippen LogP contribution in [0.4, 0.5) is 0 Å². The maximum absolute atomic E-state index is 5.16. The van der Waals surface area contributed by atoms with Crippen molar-refractivity contribution in [3.05, 3.63) is 152 Å². The number of nitrogens with zero attached hydrogens (tertiary/aromatic N) is 3. The fraction of sp³-hybridized carbons (Fsp3) is 0. The Bertz CT molecular complexity index is 2240. The van der Waals surface area contributed by atoms with Crippen molar-refractivity contribution in [3.63, 3.8) is 0 Å². The molecule has 0 radical (unpaired) electrons. The predicted octanol–water partition coefficient (Wildman–Crippen LogP) is 10.00. The zero-order chi connectivity index (χ0) is 27.9. The molecule has 0 aliphatic rings. The van der Waals surface area contributed by atoms with E-state index in [9.17, 15) is 0 Å². The van der Waals surface area contributed by atoms with Gasteiger partial charge >= 0.3 is 0 Å². The molecule has 3 heteroatoms. The normalized spacial score (nSPS) is 11.3. The SMILES string of the molecule is c1ccc2cc(-c3ccc4nc(-c5ccc6ccccc6c5)cc(-c5ccc(-c6ccncc6)nc5)c4c3)ccc2c1. The number of hydrogen-bond acceptors (Lipinski definition) is 3. The third-order valence-electron chi connectivity index (χ3n) is 7.99. The molecule has 0 fully saturated rings. The Morgan fingerprint density at radius 1 is 0.405 bits per heavy atom. The average molecular weight is 536 g/mol. The van der Waals surface area contributed by atoms with Gasteiger partial charge in [0.2, 0.25) is 0 Å². The topological polar surface area (TPSA) is 38.7 Å². The molecule has 42 heavy (non-hydrogen) atoms. The van der Waals surface area contributed by atoms with Crippen molar-refractivity contribution in [3.8, 4) is 44.8 Å². The van der Waals surface area contributed by atoms with Crippen LogP contribution < -0.4 is 0 Å². The number of aromatic nitrogens is 3. The van der Waals surface area contributed by atoms with E-state index in [0.717, 1.165) is 50.1 Å². The molecule has 3 aromatic heterocycles. The van der Waals surface area contributed by atoms with E-state index < -0.39 is 0 Å². The average Bonchev–Trinajstić information content (AvgIpc) is 3.07. The minimum absolute atomic E-state index is 0.922. The van der Waals surface area contributed by atoms with Crippen LogP contribution in [0.2, 0.25) is 0 Å². The summed E-state index contributed by atoms with van der Waals surface area (Å²) in [6, 6.07) is 47.1. The lowest BCUT2D eigenvalue weighted by atomic mass is 9.94. The fourth-order valence-electron chi connectivity index (χ4n) is 5.76. The lowest BCUT2D eigenvalue weighted by molar-refractivity contribution is 1.29. The van der Waals surface area contributed by atoms with Crippen molar-refractivity contribution in [1.29, 1.82) is 0 Å². The van der Waals surface area contributed by atoms with Gasteiger partial charge in [-0.15, -0.1) is 0 Å². The quantitative estimate of drug-likeness (QED) is 0.225. The molecule has 0 unspecified atom stereocenters. The van der Waals surface area contributed by atoms with E-state index in [-0.39, 0.29) is 0 Å². The molecule has 0 saturated carbocycles. The Balaban J connectivity index is 1.31. The van der Waals surface area contributed by atoms with E-state index >= 15 is 0 Å². The Morgan fingerprint density at radius 2 is 1.02 bits per heavy atom. The summed E-state index contributed by atoms with van der Waals surface area (Å²) in [5, 5.41) is 6.00. The van der Waals surface area contributed by atoms with Crippen LogP contribution in [0, 0.1) is 0 Å². The highest BCUT2D eigenvalue weighted by Crippen LogP contribution is 2.36. The maximum atomic E-state index is 5.16. The van der Waals surface area contributed by atoms with Crippen molar-refractivity contribution >= 4 is 32.4 Å². The summed E-state index contributed by atoms with van der Waals surface area (Å²) in [6.07, 6.45) is 5.56. The summed E-state index contributed by atoms with van der Waals surface area (Å²) in [6.45, 7) is 0. The minimum atomic E-state index is 0.922. The molecule has 0 aliphatic carbocycles. The summed E-state index contributed by atoms with van der Waals surface area (Å²) >= 11 is 0. The first-order valence-corrected chi connectivity index (χ1v) is 14.1. The van der Waals surface area contributed by atoms with Crippen LogP contribution in [0.15, 0.2) is 152 Å². The van der Waals surface area contributed by atoms with Crippen LogP contribution in [0.3, 0.4) is 0 Å². The van der Waals surface area contributed by atoms with E-state index in [1.54, 1.807) is 12.4 Å². The zero-order valence-corrected chi connectivity index (χ0v) is 22.8. The summed E-state index contributed by atoms with van der Waals surface area (Å²) in [5.74, 6) is 0. The van der Waals surface area contributed by atoms with Crippen LogP contribution >= 0.6 is 0 Å². The van der Waals surface area contributed by atoms with Gasteiger partial charge in [-0.25, -0.2) is 4.98 Å². The van der Waals surface area contributed by atoms with Gasteiger partial charge in [0.15, 0.2) is 0 Å². The number of pyridine rings is 3. The Kier molecular flexibility index (Phi) is 5.79. The summed E-state index contributed by atoms with van der Waals surface area (Å²) in [7, 11) is 0. The highest BCUT2D eigenvalue weighted by molar-refractivity contribution is 6.00. The Morgan fingerprint density at radius 3 is 1.74 bits per heavy atom. The Hall–Kier alpha value is -5.67. The molecule has 196 valence electrons. The van der Waals surface area contributed by atoms with Crippen molar-refractivity contribution in [2.24, 2.45) is 0 Å². The van der Waals surface area contributed by atoms with Crippen molar-refractivity contribution in [2.75, 3.05) is 0 Å². The van der Waals surface area contributed by atoms with Gasteiger partial charge in [0.25, 0.3) is 0 Å². The second kappa shape index (κ2) is 10.1. The van der Waals surface area contributed by atoms with E-state index in [0.29, 0.717) is 0 Å². The number of rotatable bonds is 4. The van der Waals surface area contributed by atoms with Crippen molar-refractivity contribution in [2.45, 2.75) is 0 Å². The minimum Gasteiger partial charge on any atom is -0.265 e. The van der Waals surface area contributed by atoms with Crippen LogP contribution in [0.1, 0.15) is 0 Å². The third-order valence-corrected chi connectivity index (χ3v) is 7.99. The molecule has 0 amide bonds. The van der Waals surface area contributed by atoms with Gasteiger partial charge in [0.05, 0.1) is 16.9 Å². The molecule has 3 heterocycles. The maximum Gasteiger partial charge on any atom is 0.0716 e. The van der Waals surface area contributed by atoms with Crippen LogP contribution in [-0.4, -0.2) is 15.0 Å². The van der Waals surface area contributed by atoms with Gasteiger partial charge in [-0.2, -0.15) is 0 Å². The zero-order valence-electron chi connectivity index (χ0n) is 22.8. The second-order valence-electron chi connectivity index (χ2n) is 10.6. The molecule has 0 spiro atoms. The van der Waals surface area contributed by atoms with E-state index in [1.807, 2.05) is 18.3 Å². The largest absolute Gasteiger partial charge is 0.265 e. The lowest BCUT2D eigenvalue weighted by Gasteiger charge is -2.13. The smallest absolute Gasteiger partial charge is 0.0716 e. The first-order valence-electron chi connectivity index (χ1n) is 14.1. The van der Waals surface area contributed by atoms with E-state index in [2.05, 4.69) is 126 Å². The highest BCUT2D eigenvalue weighted by Gasteiger charge is 2.13. The summed E-state index contributed by atoms with van der Waals surface area (Å²) < 4.78 is 0. The third kappa shape index (κ3) is 4.38. The predicted molar refractivity (Wildman–Crippen MR) is 174 cm³/mol. The van der Waals surface area contributed by atoms with E-state index in [4.69, 9.17) is 9.97 Å². The first-order chi connectivity index (χ1) is 20.8. The summed E-state index contributed by atoms with van der Waals surface area (Å²) in [5.41, 5.74) is 9.48. The lowest BCUT2D eigenvalue weighted by Crippen LogP contribution is -1.92. The molecule has 0 N–H and O–H groups in total. The second-order valence-corrected chi connectivity index (χ2v) is 10.6. The van der Waals surface area contributed by atoms with Crippen LogP contribution in [0.25, 0.3) is 77.2 Å². The number of benzene rings is 5. The molecule has 0 bridgehead atoms. The molecule has 3 nitrogen and oxygen atoms in total. The molecule has 0 aliphatic heterocycles. The van der Waals surface area contributed by atoms with Gasteiger partial charge in [0, 0.05) is 40.7 Å².